The maximum absolute atomic E-state index is 9.75. The Labute approximate surface area is 296 Å². The number of benzene rings is 6. The SMILES string of the molecule is CC(C)(c1ccccc1)c1ccc(Oc2ccc(-[n+]3c(-c4ccccc4)cc(-c4ccccc4)cc3-c3ccccc3)cc2)cc1.F[B-](F)(F)F. The molecule has 7 rings (SSSR count). The first-order chi connectivity index (χ1) is 24.6. The summed E-state index contributed by atoms with van der Waals surface area (Å²) in [6.07, 6.45) is 0. The fourth-order valence-corrected chi connectivity index (χ4v) is 6.07. The van der Waals surface area contributed by atoms with Crippen LogP contribution in [0.3, 0.4) is 0 Å². The van der Waals surface area contributed by atoms with Crippen molar-refractivity contribution in [2.45, 2.75) is 19.3 Å². The van der Waals surface area contributed by atoms with Crippen LogP contribution in [-0.4, -0.2) is 7.25 Å². The van der Waals surface area contributed by atoms with E-state index in [4.69, 9.17) is 4.74 Å². The van der Waals surface area contributed by atoms with Crippen molar-refractivity contribution >= 4 is 7.25 Å². The van der Waals surface area contributed by atoms with Crippen LogP contribution in [0.5, 0.6) is 11.5 Å². The Morgan fingerprint density at radius 1 is 0.431 bits per heavy atom. The van der Waals surface area contributed by atoms with Gasteiger partial charge in [-0.3, -0.25) is 0 Å². The van der Waals surface area contributed by atoms with Gasteiger partial charge in [-0.1, -0.05) is 123 Å². The number of nitrogens with zero attached hydrogens (tertiary/aromatic N) is 1. The van der Waals surface area contributed by atoms with Gasteiger partial charge in [-0.2, -0.15) is 4.57 Å². The molecule has 254 valence electrons. The Morgan fingerprint density at radius 3 is 1.22 bits per heavy atom. The van der Waals surface area contributed by atoms with E-state index in [2.05, 4.69) is 200 Å². The number of halogens is 4. The topological polar surface area (TPSA) is 13.1 Å². The number of rotatable bonds is 8. The molecule has 0 atom stereocenters. The molecule has 0 spiro atoms. The molecule has 51 heavy (non-hydrogen) atoms. The van der Waals surface area contributed by atoms with E-state index in [1.807, 2.05) is 0 Å². The Kier molecular flexibility index (Phi) is 10.5. The lowest BCUT2D eigenvalue weighted by atomic mass is 9.78. The first kappa shape index (κ1) is 34.9. The molecule has 2 nitrogen and oxygen atoms in total. The van der Waals surface area contributed by atoms with Crippen LogP contribution in [0.4, 0.5) is 17.3 Å². The third-order valence-corrected chi connectivity index (χ3v) is 8.71. The molecule has 0 fully saturated rings. The van der Waals surface area contributed by atoms with E-state index in [0.717, 1.165) is 39.7 Å². The number of hydrogen-bond acceptors (Lipinski definition) is 1. The Bertz CT molecular complexity index is 2090. The highest BCUT2D eigenvalue weighted by atomic mass is 19.5. The first-order valence-corrected chi connectivity index (χ1v) is 16.6. The zero-order valence-electron chi connectivity index (χ0n) is 28.3. The largest absolute Gasteiger partial charge is 0.673 e. The maximum Gasteiger partial charge on any atom is 0.673 e. The van der Waals surface area contributed by atoms with Gasteiger partial charge in [0.1, 0.15) is 11.5 Å². The summed E-state index contributed by atoms with van der Waals surface area (Å²) >= 11 is 0. The smallest absolute Gasteiger partial charge is 0.457 e. The molecule has 0 saturated carbocycles. The zero-order chi connectivity index (χ0) is 35.8. The molecule has 6 aromatic carbocycles. The van der Waals surface area contributed by atoms with Crippen LogP contribution in [0.15, 0.2) is 182 Å². The second-order valence-electron chi connectivity index (χ2n) is 12.6. The van der Waals surface area contributed by atoms with Gasteiger partial charge in [-0.25, -0.2) is 0 Å². The summed E-state index contributed by atoms with van der Waals surface area (Å²) in [5.41, 5.74) is 10.4. The molecule has 0 amide bonds. The van der Waals surface area contributed by atoms with E-state index in [-0.39, 0.29) is 5.41 Å². The molecule has 0 bridgehead atoms. The van der Waals surface area contributed by atoms with E-state index in [1.54, 1.807) is 0 Å². The fraction of sp³-hybridized carbons (Fsp3) is 0.0682. The molecule has 0 radical (unpaired) electrons. The number of hydrogen-bond donors (Lipinski definition) is 0. The van der Waals surface area contributed by atoms with E-state index >= 15 is 0 Å². The standard InChI is InChI=1S/C44H36NO.BF4/c1-44(2,37-21-13-6-14-22-37)38-23-27-40(28-24-38)46-41-29-25-39(26-30-41)45-42(34-17-9-4-10-18-34)31-36(33-15-7-3-8-16-33)32-43(45)35-19-11-5-12-20-35;2-1(3,4)5/h3-32H,1-2H3;/q+1;-1. The van der Waals surface area contributed by atoms with Crippen LogP contribution in [0, 0.1) is 0 Å². The highest BCUT2D eigenvalue weighted by Gasteiger charge is 2.26. The lowest BCUT2D eigenvalue weighted by Crippen LogP contribution is -2.36. The highest BCUT2D eigenvalue weighted by molar-refractivity contribution is 6.50. The molecule has 0 N–H and O–H groups in total. The van der Waals surface area contributed by atoms with Crippen molar-refractivity contribution in [3.63, 3.8) is 0 Å². The molecule has 0 saturated heterocycles. The third-order valence-electron chi connectivity index (χ3n) is 8.71. The average molecular weight is 682 g/mol. The number of ether oxygens (including phenoxy) is 1. The van der Waals surface area contributed by atoms with E-state index < -0.39 is 7.25 Å². The summed E-state index contributed by atoms with van der Waals surface area (Å²) in [6, 6.07) is 63.9. The lowest BCUT2D eigenvalue weighted by molar-refractivity contribution is -0.572. The fourth-order valence-electron chi connectivity index (χ4n) is 6.07. The van der Waals surface area contributed by atoms with Crippen LogP contribution in [0.1, 0.15) is 25.0 Å². The van der Waals surface area contributed by atoms with Crippen LogP contribution < -0.4 is 9.30 Å². The Hall–Kier alpha value is -5.95. The number of pyridine rings is 1. The maximum atomic E-state index is 9.75. The summed E-state index contributed by atoms with van der Waals surface area (Å²) in [6.45, 7) is 4.52. The van der Waals surface area contributed by atoms with Crippen molar-refractivity contribution in [2.24, 2.45) is 0 Å². The van der Waals surface area contributed by atoms with Crippen molar-refractivity contribution in [1.29, 1.82) is 0 Å². The quantitative estimate of drug-likeness (QED) is 0.0884. The minimum atomic E-state index is -6.00. The van der Waals surface area contributed by atoms with Gasteiger partial charge in [0.05, 0.1) is 0 Å². The van der Waals surface area contributed by atoms with Gasteiger partial charge in [0.2, 0.25) is 17.1 Å². The van der Waals surface area contributed by atoms with E-state index in [0.29, 0.717) is 0 Å². The van der Waals surface area contributed by atoms with Crippen molar-refractivity contribution in [2.75, 3.05) is 0 Å². The lowest BCUT2D eigenvalue weighted by Gasteiger charge is -2.26. The molecule has 0 unspecified atom stereocenters. The second kappa shape index (κ2) is 15.3. The molecule has 0 aliphatic rings. The van der Waals surface area contributed by atoms with Gasteiger partial charge in [0.25, 0.3) is 0 Å². The average Bonchev–Trinajstić information content (AvgIpc) is 3.16. The summed E-state index contributed by atoms with van der Waals surface area (Å²) in [5.74, 6) is 1.61. The number of aromatic nitrogens is 1. The Morgan fingerprint density at radius 2 is 0.784 bits per heavy atom. The summed E-state index contributed by atoms with van der Waals surface area (Å²) in [7, 11) is -6.00. The first-order valence-electron chi connectivity index (χ1n) is 16.6. The minimum absolute atomic E-state index is 0.0956. The van der Waals surface area contributed by atoms with Crippen molar-refractivity contribution in [1.82, 2.24) is 0 Å². The molecule has 1 heterocycles. The summed E-state index contributed by atoms with van der Waals surface area (Å²) < 4.78 is 47.7. The van der Waals surface area contributed by atoms with Gasteiger partial charge in [-0.15, -0.1) is 0 Å². The second-order valence-corrected chi connectivity index (χ2v) is 12.6. The van der Waals surface area contributed by atoms with Crippen LogP contribution in [-0.2, 0) is 5.41 Å². The molecule has 1 aromatic heterocycles. The van der Waals surface area contributed by atoms with E-state index in [1.165, 1.54) is 22.3 Å². The molecular formula is C44H36BF4NO. The van der Waals surface area contributed by atoms with Crippen molar-refractivity contribution in [3.05, 3.63) is 193 Å². The van der Waals surface area contributed by atoms with E-state index in [9.17, 15) is 17.3 Å². The van der Waals surface area contributed by atoms with Gasteiger partial charge in [0.15, 0.2) is 0 Å². The van der Waals surface area contributed by atoms with Crippen LogP contribution in [0.2, 0.25) is 0 Å². The molecule has 7 heteroatoms. The monoisotopic (exact) mass is 681 g/mol. The predicted molar refractivity (Wildman–Crippen MR) is 200 cm³/mol. The molecule has 7 aromatic rings. The van der Waals surface area contributed by atoms with Gasteiger partial charge < -0.3 is 22.0 Å². The van der Waals surface area contributed by atoms with Crippen LogP contribution >= 0.6 is 0 Å². The highest BCUT2D eigenvalue weighted by Crippen LogP contribution is 2.34. The summed E-state index contributed by atoms with van der Waals surface area (Å²) in [5, 5.41) is 0. The van der Waals surface area contributed by atoms with Crippen molar-refractivity contribution in [3.8, 4) is 50.8 Å². The zero-order valence-corrected chi connectivity index (χ0v) is 28.3. The van der Waals surface area contributed by atoms with Gasteiger partial charge in [-0.05, 0) is 70.8 Å². The van der Waals surface area contributed by atoms with Crippen LogP contribution in [0.25, 0.3) is 39.3 Å². The predicted octanol–water partition coefficient (Wildman–Crippen LogP) is 12.4. The Balaban J connectivity index is 0.000000839. The minimum Gasteiger partial charge on any atom is -0.457 e. The van der Waals surface area contributed by atoms with Crippen molar-refractivity contribution < 1.29 is 26.6 Å². The van der Waals surface area contributed by atoms with Gasteiger partial charge >= 0.3 is 7.25 Å². The summed E-state index contributed by atoms with van der Waals surface area (Å²) in [4.78, 5) is 0. The van der Waals surface area contributed by atoms with Gasteiger partial charge in [0, 0.05) is 40.8 Å². The molecule has 0 aliphatic carbocycles. The third kappa shape index (κ3) is 8.81. The normalized spacial score (nSPS) is 11.3. The molecule has 0 aliphatic heterocycles. The molecular weight excluding hydrogens is 645 g/mol.